The second kappa shape index (κ2) is 13.8. The molecule has 0 saturated heterocycles. The smallest absolute Gasteiger partial charge is 0.259 e. The molecular formula is C37H45N5O7S2. The van der Waals surface area contributed by atoms with E-state index in [-0.39, 0.29) is 37.0 Å². The molecule has 1 aromatic carbocycles. The Kier molecular flexibility index (Phi) is 9.59. The molecule has 12 nitrogen and oxygen atoms in total. The number of aryl methyl sites for hydroxylation is 1. The Bertz CT molecular complexity index is 2010. The number of amides is 3. The lowest BCUT2D eigenvalue weighted by Crippen LogP contribution is -2.54. The van der Waals surface area contributed by atoms with Gasteiger partial charge in [0.25, 0.3) is 5.91 Å². The zero-order chi connectivity index (χ0) is 36.1. The maximum absolute atomic E-state index is 14.2. The monoisotopic (exact) mass is 735 g/mol. The van der Waals surface area contributed by atoms with Gasteiger partial charge < -0.3 is 20.1 Å². The van der Waals surface area contributed by atoms with Crippen LogP contribution in [0.4, 0.5) is 0 Å². The van der Waals surface area contributed by atoms with Crippen molar-refractivity contribution in [3.8, 4) is 22.2 Å². The molecule has 14 heteroatoms. The SMILES string of the molecule is COc1ccc2c(O[C@H]3C[C@@H]4C(=O)NCCCC/C=C\[C@H]5C[C@@]5(C(=O)NS(=O)(=O)C5CC5)NC(=O)[C@@H]4C3)cc(-c3nc(C(C)C)cs3)nc2c1C. The third kappa shape index (κ3) is 7.09. The summed E-state index contributed by atoms with van der Waals surface area (Å²) in [4.78, 5) is 51.2. The van der Waals surface area contributed by atoms with Gasteiger partial charge in [0, 0.05) is 34.9 Å². The minimum atomic E-state index is -3.82. The zero-order valence-corrected chi connectivity index (χ0v) is 31.0. The van der Waals surface area contributed by atoms with Gasteiger partial charge in [-0.05, 0) is 76.3 Å². The summed E-state index contributed by atoms with van der Waals surface area (Å²) in [6.45, 7) is 6.61. The van der Waals surface area contributed by atoms with Gasteiger partial charge in [-0.2, -0.15) is 0 Å². The Hall–Kier alpha value is -4.04. The van der Waals surface area contributed by atoms with Crippen LogP contribution in [0, 0.1) is 24.7 Å². The molecule has 0 radical (unpaired) electrons. The lowest BCUT2D eigenvalue weighted by Gasteiger charge is -2.23. The maximum atomic E-state index is 14.2. The first-order valence-corrected chi connectivity index (χ1v) is 20.3. The number of rotatable bonds is 8. The average molecular weight is 736 g/mol. The highest BCUT2D eigenvalue weighted by Crippen LogP contribution is 2.47. The number of thiazole rings is 1. The standard InChI is InChI=1S/C37H45N5O7S2/c1-20(2)29-19-50-35(40-29)28-17-31(25-12-13-30(48-4)21(3)32(25)39-28)49-23-15-26-27(16-23)34(44)41-37(36(45)42-51(46,47)24-10-11-24)18-22(37)9-7-5-6-8-14-38-33(26)43/h7,9,12-13,17,19-20,22-24,26-27H,5-6,8,10-11,14-16,18H2,1-4H3,(H,38,43)(H,41,44)(H,42,45)/b9-7-/t22-,23-,26-,27+,37+/m0/s1. The Morgan fingerprint density at radius 2 is 1.84 bits per heavy atom. The lowest BCUT2D eigenvalue weighted by molar-refractivity contribution is -0.136. The minimum absolute atomic E-state index is 0.228. The van der Waals surface area contributed by atoms with Crippen molar-refractivity contribution in [3.05, 3.63) is 47.0 Å². The number of aromatic nitrogens is 2. The molecule has 51 heavy (non-hydrogen) atoms. The van der Waals surface area contributed by atoms with Crippen molar-refractivity contribution in [2.75, 3.05) is 13.7 Å². The van der Waals surface area contributed by atoms with Crippen molar-refractivity contribution in [1.82, 2.24) is 25.3 Å². The second-order valence-electron chi connectivity index (χ2n) is 14.6. The highest BCUT2D eigenvalue weighted by molar-refractivity contribution is 7.91. The zero-order valence-electron chi connectivity index (χ0n) is 29.4. The first-order chi connectivity index (χ1) is 24.4. The number of sulfonamides is 1. The summed E-state index contributed by atoms with van der Waals surface area (Å²) in [5, 5.41) is 8.93. The molecule has 5 atom stereocenters. The van der Waals surface area contributed by atoms with Crippen molar-refractivity contribution < 1.29 is 32.3 Å². The quantitative estimate of drug-likeness (QED) is 0.273. The minimum Gasteiger partial charge on any atom is -0.496 e. The van der Waals surface area contributed by atoms with Gasteiger partial charge in [-0.25, -0.2) is 18.4 Å². The van der Waals surface area contributed by atoms with E-state index in [1.807, 2.05) is 42.7 Å². The number of benzene rings is 1. The Balaban J connectivity index is 1.19. The van der Waals surface area contributed by atoms with Gasteiger partial charge in [-0.3, -0.25) is 19.1 Å². The molecule has 0 spiro atoms. The van der Waals surface area contributed by atoms with Crippen LogP contribution in [-0.2, 0) is 24.4 Å². The number of methoxy groups -OCH3 is 1. The van der Waals surface area contributed by atoms with Crippen molar-refractivity contribution in [1.29, 1.82) is 0 Å². The third-order valence-electron chi connectivity index (χ3n) is 10.6. The Morgan fingerprint density at radius 3 is 2.55 bits per heavy atom. The molecular weight excluding hydrogens is 691 g/mol. The Labute approximate surface area is 302 Å². The predicted octanol–water partition coefficient (Wildman–Crippen LogP) is 4.91. The normalized spacial score (nSPS) is 27.5. The summed E-state index contributed by atoms with van der Waals surface area (Å²) in [7, 11) is -2.21. The van der Waals surface area contributed by atoms with E-state index in [1.54, 1.807) is 7.11 Å². The van der Waals surface area contributed by atoms with Crippen molar-refractivity contribution in [3.63, 3.8) is 0 Å². The number of carbonyl (C=O) groups is 3. The van der Waals surface area contributed by atoms with Gasteiger partial charge in [0.05, 0.1) is 35.4 Å². The summed E-state index contributed by atoms with van der Waals surface area (Å²) in [5.74, 6) is -1.76. The molecule has 0 bridgehead atoms. The van der Waals surface area contributed by atoms with Crippen molar-refractivity contribution in [2.24, 2.45) is 17.8 Å². The lowest BCUT2D eigenvalue weighted by atomic mass is 9.93. The molecule has 3 aromatic rings. The van der Waals surface area contributed by atoms with E-state index >= 15 is 0 Å². The van der Waals surface area contributed by atoms with Crippen LogP contribution >= 0.6 is 11.3 Å². The van der Waals surface area contributed by atoms with Crippen molar-refractivity contribution in [2.45, 2.75) is 94.9 Å². The number of nitrogens with one attached hydrogen (secondary N) is 3. The van der Waals surface area contributed by atoms with E-state index in [2.05, 4.69) is 29.2 Å². The molecule has 3 N–H and O–H groups in total. The summed E-state index contributed by atoms with van der Waals surface area (Å²) < 4.78 is 40.1. The second-order valence-corrected chi connectivity index (χ2v) is 17.4. The average Bonchev–Trinajstić information content (AvgIpc) is 3.97. The van der Waals surface area contributed by atoms with Crippen LogP contribution in [0.15, 0.2) is 35.7 Å². The van der Waals surface area contributed by atoms with Gasteiger partial charge in [0.2, 0.25) is 21.8 Å². The molecule has 2 aromatic heterocycles. The van der Waals surface area contributed by atoms with E-state index in [0.717, 1.165) is 40.9 Å². The van der Waals surface area contributed by atoms with E-state index in [0.29, 0.717) is 42.1 Å². The topological polar surface area (TPSA) is 166 Å². The number of fused-ring (bicyclic) bond motifs is 3. The number of hydrogen-bond acceptors (Lipinski definition) is 10. The summed E-state index contributed by atoms with van der Waals surface area (Å²) in [5.41, 5.74) is 1.79. The number of nitrogens with zero attached hydrogens (tertiary/aromatic N) is 2. The van der Waals surface area contributed by atoms with Gasteiger partial charge in [-0.15, -0.1) is 11.3 Å². The third-order valence-corrected chi connectivity index (χ3v) is 13.3. The highest BCUT2D eigenvalue weighted by atomic mass is 32.2. The molecule has 7 rings (SSSR count). The first kappa shape index (κ1) is 35.4. The van der Waals surface area contributed by atoms with Crippen LogP contribution in [0.5, 0.6) is 11.5 Å². The molecule has 272 valence electrons. The molecule has 3 aliphatic carbocycles. The largest absolute Gasteiger partial charge is 0.496 e. The molecule has 3 amide bonds. The van der Waals surface area contributed by atoms with Gasteiger partial charge in [0.15, 0.2) is 0 Å². The molecule has 3 saturated carbocycles. The summed E-state index contributed by atoms with van der Waals surface area (Å²) >= 11 is 1.51. The molecule has 4 aliphatic rings. The van der Waals surface area contributed by atoms with E-state index in [1.165, 1.54) is 11.3 Å². The van der Waals surface area contributed by atoms with Gasteiger partial charge >= 0.3 is 0 Å². The highest BCUT2D eigenvalue weighted by Gasteiger charge is 2.62. The van der Waals surface area contributed by atoms with Crippen LogP contribution in [0.1, 0.15) is 82.4 Å². The van der Waals surface area contributed by atoms with Crippen LogP contribution in [-0.4, -0.2) is 66.7 Å². The van der Waals surface area contributed by atoms with Crippen LogP contribution < -0.4 is 24.8 Å². The fourth-order valence-corrected chi connectivity index (χ4v) is 9.59. The summed E-state index contributed by atoms with van der Waals surface area (Å²) in [6, 6.07) is 5.64. The van der Waals surface area contributed by atoms with Crippen molar-refractivity contribution >= 4 is 50.0 Å². The van der Waals surface area contributed by atoms with Crippen LogP contribution in [0.2, 0.25) is 0 Å². The predicted molar refractivity (Wildman–Crippen MR) is 194 cm³/mol. The fourth-order valence-electron chi connectivity index (χ4n) is 7.29. The Morgan fingerprint density at radius 1 is 1.08 bits per heavy atom. The number of ether oxygens (including phenoxy) is 2. The molecule has 1 aliphatic heterocycles. The summed E-state index contributed by atoms with van der Waals surface area (Å²) in [6.07, 6.45) is 7.53. The maximum Gasteiger partial charge on any atom is 0.259 e. The van der Waals surface area contributed by atoms with Gasteiger partial charge in [-0.1, -0.05) is 26.0 Å². The van der Waals surface area contributed by atoms with Gasteiger partial charge in [0.1, 0.15) is 33.8 Å². The van der Waals surface area contributed by atoms with E-state index in [4.69, 9.17) is 19.4 Å². The van der Waals surface area contributed by atoms with Crippen LogP contribution in [0.25, 0.3) is 21.6 Å². The molecule has 3 heterocycles. The van der Waals surface area contributed by atoms with E-state index < -0.39 is 50.6 Å². The fraction of sp³-hybridized carbons (Fsp3) is 0.541. The number of carbonyl (C=O) groups excluding carboxylic acids is 3. The molecule has 3 fully saturated rings. The number of allylic oxidation sites excluding steroid dienone is 1. The van der Waals surface area contributed by atoms with E-state index in [9.17, 15) is 22.8 Å². The number of hydrogen-bond donors (Lipinski definition) is 3. The molecule has 0 unspecified atom stereocenters. The number of pyridine rings is 1. The first-order valence-electron chi connectivity index (χ1n) is 17.8. The van der Waals surface area contributed by atoms with Crippen LogP contribution in [0.3, 0.4) is 0 Å².